The lowest BCUT2D eigenvalue weighted by atomic mass is 9.97. The lowest BCUT2D eigenvalue weighted by Gasteiger charge is -2.30. The van der Waals surface area contributed by atoms with Crippen molar-refractivity contribution in [1.82, 2.24) is 9.88 Å². The number of aryl methyl sites for hydroxylation is 1. The maximum absolute atomic E-state index is 13.0. The van der Waals surface area contributed by atoms with Crippen LogP contribution in [0.4, 0.5) is 5.69 Å². The van der Waals surface area contributed by atoms with Crippen LogP contribution in [-0.2, 0) is 11.2 Å². The second kappa shape index (κ2) is 10.1. The fraction of sp³-hybridized carbons (Fsp3) is 0.346. The van der Waals surface area contributed by atoms with Crippen LogP contribution in [0.15, 0.2) is 53.9 Å². The Morgan fingerprint density at radius 1 is 1.06 bits per heavy atom. The molecule has 1 aromatic heterocycles. The highest BCUT2D eigenvalue weighted by atomic mass is 32.1. The second-order valence-electron chi connectivity index (χ2n) is 8.13. The summed E-state index contributed by atoms with van der Waals surface area (Å²) in [6.45, 7) is 5.57. The van der Waals surface area contributed by atoms with Gasteiger partial charge in [-0.15, -0.1) is 11.3 Å². The van der Waals surface area contributed by atoms with E-state index in [1.54, 1.807) is 0 Å². The monoisotopic (exact) mass is 447 g/mol. The summed E-state index contributed by atoms with van der Waals surface area (Å²) in [4.78, 5) is 31.4. The van der Waals surface area contributed by atoms with Crippen LogP contribution in [0.5, 0.6) is 0 Å². The summed E-state index contributed by atoms with van der Waals surface area (Å²) in [5.41, 5.74) is 4.59. The molecule has 4 rings (SSSR count). The molecule has 2 heterocycles. The van der Waals surface area contributed by atoms with E-state index in [1.165, 1.54) is 16.9 Å². The van der Waals surface area contributed by atoms with Gasteiger partial charge in [-0.3, -0.25) is 9.59 Å². The number of hydrogen-bond acceptors (Lipinski definition) is 4. The molecule has 1 N–H and O–H groups in total. The van der Waals surface area contributed by atoms with Gasteiger partial charge in [0.2, 0.25) is 5.91 Å². The number of aromatic nitrogens is 1. The predicted octanol–water partition coefficient (Wildman–Crippen LogP) is 5.74. The minimum atomic E-state index is -0.191. The Morgan fingerprint density at radius 3 is 2.47 bits per heavy atom. The number of nitrogens with one attached hydrogen (secondary N) is 1. The lowest BCUT2D eigenvalue weighted by molar-refractivity contribution is -0.131. The number of carbonyl (C=O) groups excluding carboxylic acids is 2. The van der Waals surface area contributed by atoms with Crippen molar-refractivity contribution in [2.75, 3.05) is 18.4 Å². The third kappa shape index (κ3) is 4.91. The lowest BCUT2D eigenvalue weighted by Crippen LogP contribution is -2.37. The molecule has 0 atom stereocenters. The predicted molar refractivity (Wildman–Crippen MR) is 130 cm³/mol. The first kappa shape index (κ1) is 22.2. The number of likely N-dealkylation sites (tertiary alicyclic amines) is 1. The number of hydrogen-bond donors (Lipinski definition) is 1. The number of piperidine rings is 1. The van der Waals surface area contributed by atoms with Gasteiger partial charge in [-0.25, -0.2) is 4.98 Å². The molecule has 0 saturated carbocycles. The summed E-state index contributed by atoms with van der Waals surface area (Å²) >= 11 is 1.54. The van der Waals surface area contributed by atoms with Crippen LogP contribution in [0.2, 0.25) is 0 Å². The van der Waals surface area contributed by atoms with Crippen molar-refractivity contribution in [2.24, 2.45) is 0 Å². The number of thiazole rings is 1. The van der Waals surface area contributed by atoms with Crippen molar-refractivity contribution >= 4 is 28.8 Å². The minimum absolute atomic E-state index is 0.191. The molecule has 2 amide bonds. The van der Waals surface area contributed by atoms with Crippen LogP contribution in [0.1, 0.15) is 60.1 Å². The highest BCUT2D eigenvalue weighted by molar-refractivity contribution is 7.10. The Bertz CT molecular complexity index is 1080. The number of amides is 2. The van der Waals surface area contributed by atoms with Crippen LogP contribution < -0.4 is 5.32 Å². The van der Waals surface area contributed by atoms with E-state index in [2.05, 4.69) is 41.5 Å². The Hall–Kier alpha value is -2.99. The van der Waals surface area contributed by atoms with Crippen molar-refractivity contribution in [1.29, 1.82) is 0 Å². The van der Waals surface area contributed by atoms with Crippen LogP contribution in [0, 0.1) is 0 Å². The Morgan fingerprint density at radius 2 is 1.78 bits per heavy atom. The summed E-state index contributed by atoms with van der Waals surface area (Å²) in [7, 11) is 0. The Kier molecular flexibility index (Phi) is 7.00. The molecule has 1 fully saturated rings. The van der Waals surface area contributed by atoms with Crippen molar-refractivity contribution in [3.8, 4) is 11.1 Å². The van der Waals surface area contributed by atoms with Crippen LogP contribution in [0.3, 0.4) is 0 Å². The average Bonchev–Trinajstić information content (AvgIpc) is 3.35. The SMILES string of the molecule is CCC(=O)N1CCC(c2nc(C(=O)Nc3ccccc3-c3ccc(CC)cc3)cs2)CC1. The average molecular weight is 448 g/mol. The third-order valence-electron chi connectivity index (χ3n) is 6.10. The Balaban J connectivity index is 1.45. The van der Waals surface area contributed by atoms with Crippen molar-refractivity contribution < 1.29 is 9.59 Å². The maximum atomic E-state index is 13.0. The molecule has 5 nitrogen and oxygen atoms in total. The quantitative estimate of drug-likeness (QED) is 0.524. The molecule has 166 valence electrons. The van der Waals surface area contributed by atoms with Gasteiger partial charge in [0, 0.05) is 42.1 Å². The van der Waals surface area contributed by atoms with Gasteiger partial charge in [-0.1, -0.05) is 56.3 Å². The molecule has 1 saturated heterocycles. The van der Waals surface area contributed by atoms with Gasteiger partial charge in [0.15, 0.2) is 0 Å². The molecular formula is C26H29N3O2S. The topological polar surface area (TPSA) is 62.3 Å². The summed E-state index contributed by atoms with van der Waals surface area (Å²) < 4.78 is 0. The molecule has 0 radical (unpaired) electrons. The first-order valence-corrected chi connectivity index (χ1v) is 12.2. The van der Waals surface area contributed by atoms with Gasteiger partial charge in [0.25, 0.3) is 5.91 Å². The molecule has 0 unspecified atom stereocenters. The number of para-hydroxylation sites is 1. The van der Waals surface area contributed by atoms with E-state index < -0.39 is 0 Å². The van der Waals surface area contributed by atoms with E-state index in [0.717, 1.165) is 54.2 Å². The van der Waals surface area contributed by atoms with Crippen LogP contribution in [-0.4, -0.2) is 34.8 Å². The third-order valence-corrected chi connectivity index (χ3v) is 7.11. The molecule has 1 aliphatic rings. The zero-order valence-corrected chi connectivity index (χ0v) is 19.5. The van der Waals surface area contributed by atoms with E-state index in [9.17, 15) is 9.59 Å². The number of carbonyl (C=O) groups is 2. The number of rotatable bonds is 6. The molecular weight excluding hydrogens is 418 g/mol. The number of anilines is 1. The van der Waals surface area contributed by atoms with Gasteiger partial charge in [0.05, 0.1) is 5.01 Å². The van der Waals surface area contributed by atoms with Gasteiger partial charge in [-0.2, -0.15) is 0 Å². The molecule has 0 aliphatic carbocycles. The summed E-state index contributed by atoms with van der Waals surface area (Å²) in [5.74, 6) is 0.334. The van der Waals surface area contributed by atoms with Gasteiger partial charge >= 0.3 is 0 Å². The van der Waals surface area contributed by atoms with Crippen LogP contribution >= 0.6 is 11.3 Å². The summed E-state index contributed by atoms with van der Waals surface area (Å²) in [6.07, 6.45) is 3.35. The first-order valence-electron chi connectivity index (χ1n) is 11.3. The van der Waals surface area contributed by atoms with Crippen molar-refractivity contribution in [3.05, 3.63) is 70.2 Å². The molecule has 32 heavy (non-hydrogen) atoms. The summed E-state index contributed by atoms with van der Waals surface area (Å²) in [5, 5.41) is 5.88. The van der Waals surface area contributed by atoms with E-state index in [0.29, 0.717) is 18.0 Å². The van der Waals surface area contributed by atoms with Gasteiger partial charge in [-0.05, 0) is 36.5 Å². The first-order chi connectivity index (χ1) is 15.6. The largest absolute Gasteiger partial charge is 0.343 e. The van der Waals surface area contributed by atoms with E-state index in [-0.39, 0.29) is 11.8 Å². The van der Waals surface area contributed by atoms with Crippen molar-refractivity contribution in [3.63, 3.8) is 0 Å². The highest BCUT2D eigenvalue weighted by Gasteiger charge is 2.25. The smallest absolute Gasteiger partial charge is 0.275 e. The fourth-order valence-corrected chi connectivity index (χ4v) is 5.10. The standard InChI is InChI=1S/C26H29N3O2S/c1-3-18-9-11-19(12-10-18)21-7-5-6-8-22(21)27-25(31)23-17-32-26(28-23)20-13-15-29(16-14-20)24(30)4-2/h5-12,17,20H,3-4,13-16H2,1-2H3,(H,27,31). The molecule has 2 aromatic carbocycles. The number of benzene rings is 2. The van der Waals surface area contributed by atoms with E-state index in [1.807, 2.05) is 41.5 Å². The Labute approximate surface area is 193 Å². The van der Waals surface area contributed by atoms with Crippen molar-refractivity contribution in [2.45, 2.75) is 45.4 Å². The van der Waals surface area contributed by atoms with Gasteiger partial charge in [0.1, 0.15) is 5.69 Å². The maximum Gasteiger partial charge on any atom is 0.275 e. The van der Waals surface area contributed by atoms with E-state index >= 15 is 0 Å². The number of nitrogens with zero attached hydrogens (tertiary/aromatic N) is 2. The second-order valence-corrected chi connectivity index (χ2v) is 9.02. The zero-order valence-electron chi connectivity index (χ0n) is 18.6. The molecule has 1 aliphatic heterocycles. The van der Waals surface area contributed by atoms with Gasteiger partial charge < -0.3 is 10.2 Å². The van der Waals surface area contributed by atoms with Crippen LogP contribution in [0.25, 0.3) is 11.1 Å². The molecule has 0 bridgehead atoms. The summed E-state index contributed by atoms with van der Waals surface area (Å²) in [6, 6.07) is 16.3. The molecule has 6 heteroatoms. The molecule has 0 spiro atoms. The zero-order chi connectivity index (χ0) is 22.5. The molecule has 3 aromatic rings. The van der Waals surface area contributed by atoms with E-state index in [4.69, 9.17) is 0 Å². The highest BCUT2D eigenvalue weighted by Crippen LogP contribution is 2.32. The fourth-order valence-electron chi connectivity index (χ4n) is 4.13. The minimum Gasteiger partial charge on any atom is -0.343 e. The normalized spacial score (nSPS) is 14.4.